The molecule has 1 aromatic rings. The second kappa shape index (κ2) is 6.32. The Morgan fingerprint density at radius 3 is 2.60 bits per heavy atom. The maximum absolute atomic E-state index is 12.7. The normalized spacial score (nSPS) is 20.8. The molecule has 0 bridgehead atoms. The van der Waals surface area contributed by atoms with Crippen LogP contribution in [0, 0.1) is 5.82 Å². The third-order valence-electron chi connectivity index (χ3n) is 3.13. The van der Waals surface area contributed by atoms with Crippen molar-refractivity contribution in [3.05, 3.63) is 35.6 Å². The van der Waals surface area contributed by atoms with E-state index in [1.54, 1.807) is 12.1 Å². The lowest BCUT2D eigenvalue weighted by atomic mass is 10.2. The van der Waals surface area contributed by atoms with Gasteiger partial charge in [0, 0.05) is 12.6 Å². The Kier molecular flexibility index (Phi) is 4.72. The fraction of sp³-hybridized carbons (Fsp3) is 0.462. The Morgan fingerprint density at radius 2 is 2.00 bits per heavy atom. The van der Waals surface area contributed by atoms with Crippen LogP contribution in [0.1, 0.15) is 12.0 Å². The second-order valence-electron chi connectivity index (χ2n) is 4.90. The highest BCUT2D eigenvalue weighted by atomic mass is 32.2. The highest BCUT2D eigenvalue weighted by Crippen LogP contribution is 2.10. The summed E-state index contributed by atoms with van der Waals surface area (Å²) in [6.45, 7) is 0.560. The van der Waals surface area contributed by atoms with E-state index in [0.717, 1.165) is 5.56 Å². The summed E-state index contributed by atoms with van der Waals surface area (Å²) in [5, 5.41) is 5.62. The van der Waals surface area contributed by atoms with Crippen LogP contribution >= 0.6 is 0 Å². The summed E-state index contributed by atoms with van der Waals surface area (Å²) in [7, 11) is -2.98. The molecule has 110 valence electrons. The van der Waals surface area contributed by atoms with Crippen LogP contribution < -0.4 is 10.6 Å². The number of sulfone groups is 1. The molecule has 0 saturated carbocycles. The molecule has 7 heteroatoms. The SMILES string of the molecule is O=C(CNCc1ccc(F)cc1)NC1CCS(=O)(=O)C1. The molecule has 1 aromatic carbocycles. The number of carbonyl (C=O) groups is 1. The van der Waals surface area contributed by atoms with Crippen LogP contribution in [0.3, 0.4) is 0 Å². The molecule has 1 fully saturated rings. The quantitative estimate of drug-likeness (QED) is 0.815. The minimum Gasteiger partial charge on any atom is -0.351 e. The number of nitrogens with one attached hydrogen (secondary N) is 2. The van der Waals surface area contributed by atoms with Crippen LogP contribution in [0.5, 0.6) is 0 Å². The van der Waals surface area contributed by atoms with Crippen molar-refractivity contribution in [3.63, 3.8) is 0 Å². The lowest BCUT2D eigenvalue weighted by Crippen LogP contribution is -2.40. The first-order chi connectivity index (χ1) is 9.44. The van der Waals surface area contributed by atoms with Crippen molar-refractivity contribution in [2.75, 3.05) is 18.1 Å². The maximum atomic E-state index is 12.7. The molecule has 0 radical (unpaired) electrons. The van der Waals surface area contributed by atoms with Crippen LogP contribution in [0.15, 0.2) is 24.3 Å². The van der Waals surface area contributed by atoms with Gasteiger partial charge in [0.05, 0.1) is 18.1 Å². The zero-order valence-electron chi connectivity index (χ0n) is 10.9. The minimum absolute atomic E-state index is 0.0245. The Balaban J connectivity index is 1.69. The number of halogens is 1. The summed E-state index contributed by atoms with van der Waals surface area (Å²) in [6, 6.07) is 5.73. The molecule has 2 N–H and O–H groups in total. The summed E-state index contributed by atoms with van der Waals surface area (Å²) < 4.78 is 35.2. The summed E-state index contributed by atoms with van der Waals surface area (Å²) in [4.78, 5) is 11.6. The number of rotatable bonds is 5. The summed E-state index contributed by atoms with van der Waals surface area (Å²) in [5.74, 6) is -0.361. The first-order valence-corrected chi connectivity index (χ1v) is 8.22. The maximum Gasteiger partial charge on any atom is 0.234 e. The van der Waals surface area contributed by atoms with Gasteiger partial charge < -0.3 is 10.6 Å². The van der Waals surface area contributed by atoms with Gasteiger partial charge >= 0.3 is 0 Å². The number of carbonyl (C=O) groups excluding carboxylic acids is 1. The van der Waals surface area contributed by atoms with Crippen LogP contribution in [-0.4, -0.2) is 38.4 Å². The predicted molar refractivity (Wildman–Crippen MR) is 73.3 cm³/mol. The van der Waals surface area contributed by atoms with Gasteiger partial charge in [-0.3, -0.25) is 4.79 Å². The van der Waals surface area contributed by atoms with Gasteiger partial charge in [0.1, 0.15) is 5.82 Å². The molecule has 1 amide bonds. The van der Waals surface area contributed by atoms with E-state index < -0.39 is 9.84 Å². The fourth-order valence-electron chi connectivity index (χ4n) is 2.11. The molecule has 0 spiro atoms. The fourth-order valence-corrected chi connectivity index (χ4v) is 3.78. The van der Waals surface area contributed by atoms with E-state index in [1.165, 1.54) is 12.1 Å². The van der Waals surface area contributed by atoms with Crippen molar-refractivity contribution in [2.45, 2.75) is 19.0 Å². The molecule has 1 aliphatic heterocycles. The molecule has 1 saturated heterocycles. The molecular formula is C13H17FN2O3S. The van der Waals surface area contributed by atoms with Crippen molar-refractivity contribution in [3.8, 4) is 0 Å². The number of benzene rings is 1. The Labute approximate surface area is 117 Å². The largest absolute Gasteiger partial charge is 0.351 e. The van der Waals surface area contributed by atoms with E-state index in [1.807, 2.05) is 0 Å². The molecule has 5 nitrogen and oxygen atoms in total. The monoisotopic (exact) mass is 300 g/mol. The molecule has 1 heterocycles. The smallest absolute Gasteiger partial charge is 0.234 e. The number of hydrogen-bond donors (Lipinski definition) is 2. The molecule has 1 unspecified atom stereocenters. The van der Waals surface area contributed by atoms with E-state index in [4.69, 9.17) is 0 Å². The Morgan fingerprint density at radius 1 is 1.30 bits per heavy atom. The summed E-state index contributed by atoms with van der Waals surface area (Å²) >= 11 is 0. The van der Waals surface area contributed by atoms with E-state index in [0.29, 0.717) is 13.0 Å². The number of amides is 1. The van der Waals surface area contributed by atoms with Crippen molar-refractivity contribution in [1.29, 1.82) is 0 Å². The number of hydrogen-bond acceptors (Lipinski definition) is 4. The Hall–Kier alpha value is -1.47. The van der Waals surface area contributed by atoms with Gasteiger partial charge in [-0.15, -0.1) is 0 Å². The standard InChI is InChI=1S/C13H17FN2O3S/c14-11-3-1-10(2-4-11)7-15-8-13(17)16-12-5-6-20(18,19)9-12/h1-4,12,15H,5-9H2,(H,16,17). The van der Waals surface area contributed by atoms with Gasteiger partial charge in [0.2, 0.25) is 5.91 Å². The molecule has 0 aliphatic carbocycles. The lowest BCUT2D eigenvalue weighted by molar-refractivity contribution is -0.120. The van der Waals surface area contributed by atoms with Gasteiger partial charge in [0.25, 0.3) is 0 Å². The predicted octanol–water partition coefficient (Wildman–Crippen LogP) is 0.219. The minimum atomic E-state index is -2.98. The molecular weight excluding hydrogens is 283 g/mol. The van der Waals surface area contributed by atoms with E-state index >= 15 is 0 Å². The highest BCUT2D eigenvalue weighted by Gasteiger charge is 2.28. The zero-order chi connectivity index (χ0) is 14.6. The van der Waals surface area contributed by atoms with Crippen LogP contribution in [-0.2, 0) is 21.2 Å². The zero-order valence-corrected chi connectivity index (χ0v) is 11.7. The van der Waals surface area contributed by atoms with Crippen molar-refractivity contribution >= 4 is 15.7 Å². The van der Waals surface area contributed by atoms with Gasteiger partial charge in [-0.05, 0) is 24.1 Å². The topological polar surface area (TPSA) is 75.3 Å². The van der Waals surface area contributed by atoms with Gasteiger partial charge in [-0.2, -0.15) is 0 Å². The van der Waals surface area contributed by atoms with E-state index in [9.17, 15) is 17.6 Å². The molecule has 0 aromatic heterocycles. The first kappa shape index (κ1) is 14.9. The lowest BCUT2D eigenvalue weighted by Gasteiger charge is -2.11. The molecule has 20 heavy (non-hydrogen) atoms. The molecule has 1 aliphatic rings. The van der Waals surface area contributed by atoms with Crippen molar-refractivity contribution < 1.29 is 17.6 Å². The van der Waals surface area contributed by atoms with Gasteiger partial charge in [-0.1, -0.05) is 12.1 Å². The Bertz CT molecular complexity index is 572. The third kappa shape index (κ3) is 4.57. The first-order valence-electron chi connectivity index (χ1n) is 6.39. The van der Waals surface area contributed by atoms with Crippen LogP contribution in [0.25, 0.3) is 0 Å². The van der Waals surface area contributed by atoms with Crippen molar-refractivity contribution in [2.24, 2.45) is 0 Å². The van der Waals surface area contributed by atoms with Gasteiger partial charge in [0.15, 0.2) is 9.84 Å². The van der Waals surface area contributed by atoms with Crippen molar-refractivity contribution in [1.82, 2.24) is 10.6 Å². The average molecular weight is 300 g/mol. The van der Waals surface area contributed by atoms with Crippen LogP contribution in [0.2, 0.25) is 0 Å². The highest BCUT2D eigenvalue weighted by molar-refractivity contribution is 7.91. The van der Waals surface area contributed by atoms with E-state index in [2.05, 4.69) is 10.6 Å². The van der Waals surface area contributed by atoms with Crippen LogP contribution in [0.4, 0.5) is 4.39 Å². The third-order valence-corrected chi connectivity index (χ3v) is 4.89. The van der Waals surface area contributed by atoms with E-state index in [-0.39, 0.29) is 35.8 Å². The molecule has 2 rings (SSSR count). The summed E-state index contributed by atoms with van der Waals surface area (Å²) in [6.07, 6.45) is 0.478. The molecule has 1 atom stereocenters. The second-order valence-corrected chi connectivity index (χ2v) is 7.13. The summed E-state index contributed by atoms with van der Waals surface area (Å²) in [5.41, 5.74) is 0.877. The van der Waals surface area contributed by atoms with Gasteiger partial charge in [-0.25, -0.2) is 12.8 Å². The average Bonchev–Trinajstić information content (AvgIpc) is 2.71.